The molecule has 1 heterocycles. The van der Waals surface area contributed by atoms with Crippen molar-refractivity contribution in [3.05, 3.63) is 112 Å². The summed E-state index contributed by atoms with van der Waals surface area (Å²) in [4.78, 5) is 29.3. The zero-order chi connectivity index (χ0) is 28.8. The quantitative estimate of drug-likeness (QED) is 0.296. The van der Waals surface area contributed by atoms with Crippen molar-refractivity contribution in [3.8, 4) is 11.4 Å². The van der Waals surface area contributed by atoms with E-state index in [1.165, 1.54) is 47.0 Å². The molecule has 1 atom stereocenters. The number of aromatic nitrogens is 3. The van der Waals surface area contributed by atoms with Gasteiger partial charge in [-0.2, -0.15) is 4.68 Å². The summed E-state index contributed by atoms with van der Waals surface area (Å²) >= 11 is 0. The van der Waals surface area contributed by atoms with Gasteiger partial charge in [-0.25, -0.2) is 13.6 Å². The number of halogens is 2. The van der Waals surface area contributed by atoms with Crippen LogP contribution in [-0.4, -0.2) is 45.4 Å². The molecule has 0 saturated heterocycles. The average Bonchev–Trinajstić information content (AvgIpc) is 3.25. The van der Waals surface area contributed by atoms with Gasteiger partial charge in [0.05, 0.1) is 25.4 Å². The molecule has 4 rings (SSSR count). The zero-order valence-corrected chi connectivity index (χ0v) is 22.8. The number of nitrogens with zero attached hydrogens (tertiary/aromatic N) is 4. The number of carbonyl (C=O) groups is 1. The van der Waals surface area contributed by atoms with Crippen LogP contribution in [-0.2, 0) is 6.54 Å². The van der Waals surface area contributed by atoms with Crippen LogP contribution in [0, 0.1) is 17.6 Å². The number of methoxy groups -OCH3 is 1. The monoisotopic (exact) mass is 549 g/mol. The minimum Gasteiger partial charge on any atom is -0.497 e. The van der Waals surface area contributed by atoms with E-state index in [0.29, 0.717) is 30.1 Å². The predicted octanol–water partition coefficient (Wildman–Crippen LogP) is 4.56. The van der Waals surface area contributed by atoms with E-state index < -0.39 is 23.4 Å². The highest BCUT2D eigenvalue weighted by Gasteiger charge is 2.34. The van der Waals surface area contributed by atoms with E-state index in [2.05, 4.69) is 5.10 Å². The molecule has 0 spiro atoms. The topological polar surface area (TPSA) is 95.4 Å². The number of carbonyl (C=O) groups excluding carboxylic acids is 1. The summed E-state index contributed by atoms with van der Waals surface area (Å²) in [5.74, 6) is -0.529. The van der Waals surface area contributed by atoms with Gasteiger partial charge in [-0.05, 0) is 79.0 Å². The van der Waals surface area contributed by atoms with Crippen molar-refractivity contribution >= 4 is 5.91 Å². The van der Waals surface area contributed by atoms with Crippen LogP contribution < -0.4 is 16.2 Å². The first-order chi connectivity index (χ1) is 19.2. The number of rotatable bonds is 11. The molecule has 1 unspecified atom stereocenters. The molecule has 8 nitrogen and oxygen atoms in total. The minimum atomic E-state index is -0.655. The van der Waals surface area contributed by atoms with E-state index >= 15 is 0 Å². The third kappa shape index (κ3) is 6.28. The molecular formula is C30H33F2N5O3. The maximum absolute atomic E-state index is 14.1. The molecule has 0 aliphatic heterocycles. The fourth-order valence-electron chi connectivity index (χ4n) is 4.69. The van der Waals surface area contributed by atoms with Gasteiger partial charge in [0.15, 0.2) is 5.82 Å². The first kappa shape index (κ1) is 28.7. The van der Waals surface area contributed by atoms with Crippen molar-refractivity contribution in [2.75, 3.05) is 20.2 Å². The van der Waals surface area contributed by atoms with Crippen molar-refractivity contribution < 1.29 is 18.3 Å². The molecule has 10 heteroatoms. The normalized spacial score (nSPS) is 12.0. The van der Waals surface area contributed by atoms with Crippen molar-refractivity contribution in [1.29, 1.82) is 0 Å². The Morgan fingerprint density at radius 3 is 2.40 bits per heavy atom. The Balaban J connectivity index is 1.89. The molecule has 4 aromatic rings. The van der Waals surface area contributed by atoms with Gasteiger partial charge < -0.3 is 15.4 Å². The van der Waals surface area contributed by atoms with E-state index in [9.17, 15) is 18.4 Å². The Morgan fingerprint density at radius 2 is 1.75 bits per heavy atom. The van der Waals surface area contributed by atoms with E-state index in [4.69, 9.17) is 10.5 Å². The molecule has 3 aromatic carbocycles. The molecule has 1 aromatic heterocycles. The Morgan fingerprint density at radius 1 is 1.02 bits per heavy atom. The van der Waals surface area contributed by atoms with Crippen LogP contribution in [0.2, 0.25) is 0 Å². The lowest BCUT2D eigenvalue weighted by Gasteiger charge is -2.34. The Bertz CT molecular complexity index is 1510. The number of benzene rings is 3. The average molecular weight is 550 g/mol. The van der Waals surface area contributed by atoms with Crippen molar-refractivity contribution in [1.82, 2.24) is 19.2 Å². The van der Waals surface area contributed by atoms with E-state index in [1.807, 2.05) is 32.0 Å². The SMILES string of the molecule is COc1cccc(Cn2c(C(C(C)C)N(CCCN)C(=O)c3ccc(F)cc3)nn(-c3cccc(F)c3)c2=O)c1. The second-order valence-corrected chi connectivity index (χ2v) is 9.81. The van der Waals surface area contributed by atoms with Crippen molar-refractivity contribution in [2.45, 2.75) is 32.9 Å². The van der Waals surface area contributed by atoms with Gasteiger partial charge in [0.1, 0.15) is 17.4 Å². The van der Waals surface area contributed by atoms with Crippen LogP contribution in [0.25, 0.3) is 5.69 Å². The van der Waals surface area contributed by atoms with Crippen LogP contribution in [0.3, 0.4) is 0 Å². The van der Waals surface area contributed by atoms with Gasteiger partial charge in [-0.3, -0.25) is 9.36 Å². The van der Waals surface area contributed by atoms with Gasteiger partial charge >= 0.3 is 5.69 Å². The fraction of sp³-hybridized carbons (Fsp3) is 0.300. The lowest BCUT2D eigenvalue weighted by atomic mass is 9.99. The first-order valence-electron chi connectivity index (χ1n) is 13.1. The van der Waals surface area contributed by atoms with Gasteiger partial charge in [0, 0.05) is 12.1 Å². The molecule has 0 aliphatic carbocycles. The molecule has 0 bridgehead atoms. The Kier molecular flexibility index (Phi) is 9.11. The summed E-state index contributed by atoms with van der Waals surface area (Å²) < 4.78 is 35.8. The molecule has 210 valence electrons. The summed E-state index contributed by atoms with van der Waals surface area (Å²) in [5.41, 5.74) is 6.68. The summed E-state index contributed by atoms with van der Waals surface area (Å²) in [6, 6.07) is 17.6. The second kappa shape index (κ2) is 12.7. The largest absolute Gasteiger partial charge is 0.497 e. The van der Waals surface area contributed by atoms with Crippen LogP contribution >= 0.6 is 0 Å². The Hall–Kier alpha value is -4.31. The maximum Gasteiger partial charge on any atom is 0.351 e. The highest BCUT2D eigenvalue weighted by molar-refractivity contribution is 5.94. The van der Waals surface area contributed by atoms with Crippen molar-refractivity contribution in [2.24, 2.45) is 11.7 Å². The molecule has 40 heavy (non-hydrogen) atoms. The van der Waals surface area contributed by atoms with Crippen LogP contribution in [0.5, 0.6) is 5.75 Å². The summed E-state index contributed by atoms with van der Waals surface area (Å²) in [6.07, 6.45) is 0.501. The lowest BCUT2D eigenvalue weighted by Crippen LogP contribution is -2.40. The number of ether oxygens (including phenoxy) is 1. The number of nitrogens with two attached hydrogens (primary N) is 1. The van der Waals surface area contributed by atoms with Crippen LogP contribution in [0.4, 0.5) is 8.78 Å². The minimum absolute atomic E-state index is 0.138. The third-order valence-electron chi connectivity index (χ3n) is 6.61. The van der Waals surface area contributed by atoms with Crippen LogP contribution in [0.1, 0.15) is 48.1 Å². The van der Waals surface area contributed by atoms with E-state index in [-0.39, 0.29) is 30.6 Å². The van der Waals surface area contributed by atoms with Crippen LogP contribution in [0.15, 0.2) is 77.6 Å². The molecule has 0 fully saturated rings. The molecular weight excluding hydrogens is 516 g/mol. The summed E-state index contributed by atoms with van der Waals surface area (Å²) in [5, 5.41) is 4.68. The number of amides is 1. The Labute approximate surface area is 231 Å². The molecule has 0 saturated carbocycles. The van der Waals surface area contributed by atoms with Gasteiger partial charge in [-0.15, -0.1) is 5.10 Å². The number of hydrogen-bond donors (Lipinski definition) is 1. The fourth-order valence-corrected chi connectivity index (χ4v) is 4.69. The smallest absolute Gasteiger partial charge is 0.351 e. The number of hydrogen-bond acceptors (Lipinski definition) is 5. The highest BCUT2D eigenvalue weighted by Crippen LogP contribution is 2.30. The van der Waals surface area contributed by atoms with E-state index in [0.717, 1.165) is 10.2 Å². The molecule has 1 amide bonds. The molecule has 2 N–H and O–H groups in total. The zero-order valence-electron chi connectivity index (χ0n) is 22.8. The highest BCUT2D eigenvalue weighted by atomic mass is 19.1. The first-order valence-corrected chi connectivity index (χ1v) is 13.1. The standard InChI is InChI=1S/C30H33F2N5O3/c1-20(2)27(35(16-6-15-33)29(38)22-11-13-23(31)14-12-22)28-34-37(25-9-5-8-24(32)18-25)30(39)36(28)19-21-7-4-10-26(17-21)40-3/h4-5,7-14,17-18,20,27H,6,15-16,19,33H2,1-3H3. The summed E-state index contributed by atoms with van der Waals surface area (Å²) in [7, 11) is 1.56. The van der Waals surface area contributed by atoms with Gasteiger partial charge in [0.25, 0.3) is 5.91 Å². The van der Waals surface area contributed by atoms with Gasteiger partial charge in [-0.1, -0.05) is 32.0 Å². The maximum atomic E-state index is 14.1. The molecule has 0 radical (unpaired) electrons. The predicted molar refractivity (Wildman–Crippen MR) is 149 cm³/mol. The van der Waals surface area contributed by atoms with Crippen molar-refractivity contribution in [3.63, 3.8) is 0 Å². The third-order valence-corrected chi connectivity index (χ3v) is 6.61. The van der Waals surface area contributed by atoms with Gasteiger partial charge in [0.2, 0.25) is 0 Å². The van der Waals surface area contributed by atoms with E-state index in [1.54, 1.807) is 24.1 Å². The summed E-state index contributed by atoms with van der Waals surface area (Å²) in [6.45, 7) is 4.63. The lowest BCUT2D eigenvalue weighted by molar-refractivity contribution is 0.0603. The second-order valence-electron chi connectivity index (χ2n) is 9.81. The molecule has 0 aliphatic rings.